The molecule has 0 unspecified atom stereocenters. The Labute approximate surface area is 153 Å². The van der Waals surface area contributed by atoms with Crippen molar-refractivity contribution in [3.05, 3.63) is 70.8 Å². The molecule has 0 radical (unpaired) electrons. The van der Waals surface area contributed by atoms with Gasteiger partial charge in [0, 0.05) is 24.9 Å². The van der Waals surface area contributed by atoms with Crippen molar-refractivity contribution in [3.8, 4) is 0 Å². The predicted molar refractivity (Wildman–Crippen MR) is 103 cm³/mol. The van der Waals surface area contributed by atoms with Crippen molar-refractivity contribution in [1.82, 2.24) is 19.6 Å². The number of nitrogens with zero attached hydrogens (tertiary/aromatic N) is 4. The van der Waals surface area contributed by atoms with Crippen molar-refractivity contribution in [3.63, 3.8) is 0 Å². The first kappa shape index (κ1) is 17.7. The largest absolute Gasteiger partial charge is 0.319 e. The van der Waals surface area contributed by atoms with Crippen LogP contribution in [0.2, 0.25) is 0 Å². The number of hydrogen-bond donors (Lipinski definition) is 1. The maximum Gasteiger partial charge on any atom is 0.248 e. The zero-order chi connectivity index (χ0) is 18.7. The lowest BCUT2D eigenvalue weighted by Gasteiger charge is -2.06. The Balaban J connectivity index is 1.72. The van der Waals surface area contributed by atoms with Gasteiger partial charge in [-0.05, 0) is 32.4 Å². The van der Waals surface area contributed by atoms with Crippen molar-refractivity contribution >= 4 is 17.7 Å². The third-order valence-corrected chi connectivity index (χ3v) is 4.23. The van der Waals surface area contributed by atoms with Gasteiger partial charge >= 0.3 is 0 Å². The second-order valence-corrected chi connectivity index (χ2v) is 6.46. The Kier molecular flexibility index (Phi) is 5.02. The summed E-state index contributed by atoms with van der Waals surface area (Å²) in [7, 11) is 1.84. The van der Waals surface area contributed by atoms with Gasteiger partial charge in [-0.2, -0.15) is 10.2 Å². The molecular weight excluding hydrogens is 326 g/mol. The summed E-state index contributed by atoms with van der Waals surface area (Å²) in [5.41, 5.74) is 5.79. The van der Waals surface area contributed by atoms with E-state index in [9.17, 15) is 4.79 Å². The van der Waals surface area contributed by atoms with Crippen LogP contribution >= 0.6 is 0 Å². The molecule has 134 valence electrons. The lowest BCUT2D eigenvalue weighted by atomic mass is 10.1. The maximum absolute atomic E-state index is 12.2. The average molecular weight is 349 g/mol. The molecule has 0 saturated carbocycles. The van der Waals surface area contributed by atoms with Crippen LogP contribution in [0, 0.1) is 20.8 Å². The molecule has 0 aliphatic carbocycles. The molecule has 26 heavy (non-hydrogen) atoms. The van der Waals surface area contributed by atoms with Crippen LogP contribution < -0.4 is 5.32 Å². The molecule has 0 fully saturated rings. The monoisotopic (exact) mass is 349 g/mol. The number of amides is 1. The number of aryl methyl sites for hydroxylation is 3. The quantitative estimate of drug-likeness (QED) is 0.719. The Morgan fingerprint density at radius 3 is 2.58 bits per heavy atom. The Morgan fingerprint density at radius 1 is 1.19 bits per heavy atom. The van der Waals surface area contributed by atoms with Crippen LogP contribution in [0.4, 0.5) is 5.69 Å². The van der Waals surface area contributed by atoms with E-state index < -0.39 is 0 Å². The molecule has 0 bridgehead atoms. The number of carbonyl (C=O) groups excluding carboxylic acids is 1. The molecule has 0 aliphatic heterocycles. The van der Waals surface area contributed by atoms with Gasteiger partial charge < -0.3 is 5.32 Å². The normalized spacial score (nSPS) is 11.2. The number of hydrogen-bond acceptors (Lipinski definition) is 3. The molecule has 6 heteroatoms. The standard InChI is InChI=1S/C20H23N5O/c1-14-5-7-17(8-6-14)13-25-16(3)20(15(2)23-25)22-19(26)10-9-18-11-21-24(4)12-18/h5-12H,13H2,1-4H3,(H,22,26)/b10-9+. The fraction of sp³-hybridized carbons (Fsp3) is 0.250. The van der Waals surface area contributed by atoms with E-state index in [1.54, 1.807) is 17.0 Å². The van der Waals surface area contributed by atoms with Gasteiger partial charge in [0.05, 0.1) is 29.8 Å². The van der Waals surface area contributed by atoms with Crippen LogP contribution in [-0.4, -0.2) is 25.5 Å². The number of aromatic nitrogens is 4. The summed E-state index contributed by atoms with van der Waals surface area (Å²) in [4.78, 5) is 12.2. The van der Waals surface area contributed by atoms with Gasteiger partial charge in [-0.1, -0.05) is 29.8 Å². The fourth-order valence-corrected chi connectivity index (χ4v) is 2.76. The Bertz CT molecular complexity index is 947. The average Bonchev–Trinajstić information content (AvgIpc) is 3.13. The van der Waals surface area contributed by atoms with E-state index in [-0.39, 0.29) is 5.91 Å². The summed E-state index contributed by atoms with van der Waals surface area (Å²) in [5.74, 6) is -0.185. The lowest BCUT2D eigenvalue weighted by molar-refractivity contribution is -0.111. The summed E-state index contributed by atoms with van der Waals surface area (Å²) in [6.07, 6.45) is 6.80. The van der Waals surface area contributed by atoms with Gasteiger partial charge in [-0.25, -0.2) is 0 Å². The number of benzene rings is 1. The molecule has 1 aromatic carbocycles. The molecule has 3 aromatic rings. The summed E-state index contributed by atoms with van der Waals surface area (Å²) in [6, 6.07) is 8.38. The molecule has 0 atom stereocenters. The van der Waals surface area contributed by atoms with Crippen LogP contribution in [0.1, 0.15) is 28.1 Å². The summed E-state index contributed by atoms with van der Waals surface area (Å²) >= 11 is 0. The van der Waals surface area contributed by atoms with Crippen molar-refractivity contribution < 1.29 is 4.79 Å². The van der Waals surface area contributed by atoms with Crippen molar-refractivity contribution in [1.29, 1.82) is 0 Å². The van der Waals surface area contributed by atoms with E-state index in [0.29, 0.717) is 6.54 Å². The molecule has 0 aliphatic rings. The van der Waals surface area contributed by atoms with Crippen LogP contribution in [0.3, 0.4) is 0 Å². The zero-order valence-corrected chi connectivity index (χ0v) is 15.5. The minimum absolute atomic E-state index is 0.185. The third kappa shape index (κ3) is 4.08. The SMILES string of the molecule is Cc1ccc(Cn2nc(C)c(NC(=O)/C=C/c3cnn(C)c3)c2C)cc1. The number of carbonyl (C=O) groups is 1. The van der Waals surface area contributed by atoms with E-state index in [1.165, 1.54) is 17.2 Å². The molecule has 2 heterocycles. The molecule has 3 rings (SSSR count). The molecule has 2 aromatic heterocycles. The summed E-state index contributed by atoms with van der Waals surface area (Å²) in [5, 5.41) is 11.6. The maximum atomic E-state index is 12.2. The van der Waals surface area contributed by atoms with Crippen molar-refractivity contribution in [2.75, 3.05) is 5.32 Å². The van der Waals surface area contributed by atoms with Gasteiger partial charge in [0.25, 0.3) is 0 Å². The number of anilines is 1. The van der Waals surface area contributed by atoms with Crippen LogP contribution in [0.25, 0.3) is 6.08 Å². The first-order valence-corrected chi connectivity index (χ1v) is 8.49. The first-order valence-electron chi connectivity index (χ1n) is 8.49. The van der Waals surface area contributed by atoms with Crippen molar-refractivity contribution in [2.24, 2.45) is 7.05 Å². The molecule has 0 saturated heterocycles. The van der Waals surface area contributed by atoms with E-state index >= 15 is 0 Å². The zero-order valence-electron chi connectivity index (χ0n) is 15.5. The second kappa shape index (κ2) is 7.39. The second-order valence-electron chi connectivity index (χ2n) is 6.46. The van der Waals surface area contributed by atoms with Gasteiger partial charge in [0.1, 0.15) is 0 Å². The topological polar surface area (TPSA) is 64.7 Å². The minimum Gasteiger partial charge on any atom is -0.319 e. The lowest BCUT2D eigenvalue weighted by Crippen LogP contribution is -2.10. The summed E-state index contributed by atoms with van der Waals surface area (Å²) in [6.45, 7) is 6.61. The van der Waals surface area contributed by atoms with Crippen LogP contribution in [0.15, 0.2) is 42.7 Å². The highest BCUT2D eigenvalue weighted by atomic mass is 16.1. The molecule has 0 spiro atoms. The molecule has 1 N–H and O–H groups in total. The highest BCUT2D eigenvalue weighted by Crippen LogP contribution is 2.20. The summed E-state index contributed by atoms with van der Waals surface area (Å²) < 4.78 is 3.61. The van der Waals surface area contributed by atoms with E-state index in [2.05, 4.69) is 46.7 Å². The van der Waals surface area contributed by atoms with Gasteiger partial charge in [-0.3, -0.25) is 14.2 Å². The van der Waals surface area contributed by atoms with E-state index in [4.69, 9.17) is 0 Å². The Morgan fingerprint density at radius 2 is 1.92 bits per heavy atom. The highest BCUT2D eigenvalue weighted by Gasteiger charge is 2.13. The Hall–Kier alpha value is -3.15. The number of nitrogens with one attached hydrogen (secondary N) is 1. The van der Waals surface area contributed by atoms with Gasteiger partial charge in [0.15, 0.2) is 0 Å². The smallest absolute Gasteiger partial charge is 0.248 e. The van der Waals surface area contributed by atoms with Gasteiger partial charge in [-0.15, -0.1) is 0 Å². The predicted octanol–water partition coefficient (Wildman–Crippen LogP) is 3.24. The highest BCUT2D eigenvalue weighted by molar-refractivity contribution is 6.02. The minimum atomic E-state index is -0.185. The first-order chi connectivity index (χ1) is 12.4. The number of rotatable bonds is 5. The van der Waals surface area contributed by atoms with E-state index in [1.807, 2.05) is 31.8 Å². The molecular formula is C20H23N5O. The van der Waals surface area contributed by atoms with Crippen LogP contribution in [0.5, 0.6) is 0 Å². The van der Waals surface area contributed by atoms with Crippen LogP contribution in [-0.2, 0) is 18.4 Å². The molecule has 1 amide bonds. The fourth-order valence-electron chi connectivity index (χ4n) is 2.76. The third-order valence-electron chi connectivity index (χ3n) is 4.23. The van der Waals surface area contributed by atoms with E-state index in [0.717, 1.165) is 22.6 Å². The van der Waals surface area contributed by atoms with Crippen molar-refractivity contribution in [2.45, 2.75) is 27.3 Å². The molecule has 6 nitrogen and oxygen atoms in total. The van der Waals surface area contributed by atoms with Gasteiger partial charge in [0.2, 0.25) is 5.91 Å².